The molecule has 0 bridgehead atoms. The summed E-state index contributed by atoms with van der Waals surface area (Å²) in [6, 6.07) is 5.15. The van der Waals surface area contributed by atoms with Crippen molar-refractivity contribution in [3.05, 3.63) is 29.5 Å². The molecule has 1 fully saturated rings. The summed E-state index contributed by atoms with van der Waals surface area (Å²) < 4.78 is 10.6. The second kappa shape index (κ2) is 6.78. The van der Waals surface area contributed by atoms with Gasteiger partial charge >= 0.3 is 0 Å². The molecule has 2 heterocycles. The van der Waals surface area contributed by atoms with Crippen LogP contribution in [0, 0.1) is 0 Å². The van der Waals surface area contributed by atoms with Crippen LogP contribution in [0.5, 0.6) is 11.5 Å². The Labute approximate surface area is 148 Å². The first-order valence-electron chi connectivity index (χ1n) is 8.59. The lowest BCUT2D eigenvalue weighted by Gasteiger charge is -2.22. The second-order valence-corrected chi connectivity index (χ2v) is 6.56. The largest absolute Gasteiger partial charge is 0.493 e. The molecule has 0 aromatic heterocycles. The summed E-state index contributed by atoms with van der Waals surface area (Å²) in [6.07, 6.45) is 2.07. The van der Waals surface area contributed by atoms with E-state index in [1.165, 1.54) is 4.90 Å². The number of imide groups is 1. The van der Waals surface area contributed by atoms with Crippen LogP contribution in [0.3, 0.4) is 0 Å². The Hall–Kier alpha value is -2.50. The van der Waals surface area contributed by atoms with E-state index in [2.05, 4.69) is 0 Å². The zero-order valence-corrected chi connectivity index (χ0v) is 15.2. The van der Waals surface area contributed by atoms with Gasteiger partial charge in [-0.2, -0.15) is 0 Å². The van der Waals surface area contributed by atoms with Crippen LogP contribution in [-0.2, 0) is 9.59 Å². The summed E-state index contributed by atoms with van der Waals surface area (Å²) in [4.78, 5) is 29.4. The minimum atomic E-state index is -0.242. The fourth-order valence-electron chi connectivity index (χ4n) is 3.49. The van der Waals surface area contributed by atoms with Crippen LogP contribution < -0.4 is 9.47 Å². The Kier molecular flexibility index (Phi) is 4.70. The number of carbonyl (C=O) groups excluding carboxylic acids is 2. The number of nitrogens with zero attached hydrogens (tertiary/aromatic N) is 2. The van der Waals surface area contributed by atoms with Crippen LogP contribution in [0.2, 0.25) is 0 Å². The van der Waals surface area contributed by atoms with Gasteiger partial charge in [-0.25, -0.2) is 0 Å². The van der Waals surface area contributed by atoms with Crippen LogP contribution in [0.4, 0.5) is 0 Å². The molecule has 2 amide bonds. The standard InChI is InChI=1S/C19H24N2O4/c1-12(2)21-18(22)16(17(19(21)23)20-9-5-6-10-20)13-7-8-14(24-3)15(11-13)25-4/h7-8,11-12H,5-6,9-10H2,1-4H3. The van der Waals surface area contributed by atoms with E-state index in [0.717, 1.165) is 25.9 Å². The minimum absolute atomic E-state index is 0.185. The van der Waals surface area contributed by atoms with Crippen molar-refractivity contribution in [2.45, 2.75) is 32.7 Å². The van der Waals surface area contributed by atoms with Crippen molar-refractivity contribution in [1.82, 2.24) is 9.80 Å². The molecule has 0 radical (unpaired) electrons. The predicted octanol–water partition coefficient (Wildman–Crippen LogP) is 2.29. The van der Waals surface area contributed by atoms with Gasteiger partial charge in [-0.05, 0) is 44.4 Å². The van der Waals surface area contributed by atoms with E-state index >= 15 is 0 Å². The van der Waals surface area contributed by atoms with Crippen molar-refractivity contribution in [3.63, 3.8) is 0 Å². The van der Waals surface area contributed by atoms with Gasteiger partial charge in [-0.15, -0.1) is 0 Å². The highest BCUT2D eigenvalue weighted by molar-refractivity contribution is 6.35. The first kappa shape index (κ1) is 17.3. The average Bonchev–Trinajstić information content (AvgIpc) is 3.20. The Bertz CT molecular complexity index is 733. The number of rotatable bonds is 5. The van der Waals surface area contributed by atoms with Crippen LogP contribution >= 0.6 is 0 Å². The van der Waals surface area contributed by atoms with Gasteiger partial charge in [0.05, 0.1) is 19.8 Å². The molecule has 6 nitrogen and oxygen atoms in total. The maximum Gasteiger partial charge on any atom is 0.278 e. The molecule has 0 spiro atoms. The second-order valence-electron chi connectivity index (χ2n) is 6.56. The highest BCUT2D eigenvalue weighted by atomic mass is 16.5. The van der Waals surface area contributed by atoms with Crippen LogP contribution in [0.25, 0.3) is 5.57 Å². The number of likely N-dealkylation sites (tertiary alicyclic amines) is 1. The normalized spacial score (nSPS) is 18.0. The van der Waals surface area contributed by atoms with Crippen molar-refractivity contribution in [1.29, 1.82) is 0 Å². The molecule has 2 aliphatic rings. The van der Waals surface area contributed by atoms with Gasteiger partial charge < -0.3 is 14.4 Å². The molecule has 3 rings (SSSR count). The van der Waals surface area contributed by atoms with Gasteiger partial charge in [0, 0.05) is 19.1 Å². The smallest absolute Gasteiger partial charge is 0.278 e. The quantitative estimate of drug-likeness (QED) is 0.767. The van der Waals surface area contributed by atoms with Crippen LogP contribution in [0.15, 0.2) is 23.9 Å². The molecular formula is C19H24N2O4. The molecule has 0 saturated carbocycles. The van der Waals surface area contributed by atoms with E-state index in [0.29, 0.717) is 28.3 Å². The average molecular weight is 344 g/mol. The molecular weight excluding hydrogens is 320 g/mol. The van der Waals surface area contributed by atoms with Crippen molar-refractivity contribution < 1.29 is 19.1 Å². The molecule has 1 aromatic carbocycles. The van der Waals surface area contributed by atoms with E-state index in [4.69, 9.17) is 9.47 Å². The van der Waals surface area contributed by atoms with Gasteiger partial charge in [0.2, 0.25) is 0 Å². The third-order valence-corrected chi connectivity index (χ3v) is 4.70. The van der Waals surface area contributed by atoms with Gasteiger partial charge in [0.15, 0.2) is 11.5 Å². The highest BCUT2D eigenvalue weighted by Gasteiger charge is 2.43. The first-order chi connectivity index (χ1) is 12.0. The lowest BCUT2D eigenvalue weighted by molar-refractivity contribution is -0.139. The van der Waals surface area contributed by atoms with E-state index in [9.17, 15) is 9.59 Å². The fourth-order valence-corrected chi connectivity index (χ4v) is 3.49. The number of carbonyl (C=O) groups is 2. The SMILES string of the molecule is COc1ccc(C2=C(N3CCCC3)C(=O)N(C(C)C)C2=O)cc1OC. The number of methoxy groups -OCH3 is 2. The Balaban J connectivity index is 2.14. The zero-order chi connectivity index (χ0) is 18.1. The summed E-state index contributed by atoms with van der Waals surface area (Å²) in [6.45, 7) is 5.32. The van der Waals surface area contributed by atoms with Crippen molar-refractivity contribution in [2.24, 2.45) is 0 Å². The maximum absolute atomic E-state index is 13.0. The summed E-state index contributed by atoms with van der Waals surface area (Å²) in [5.74, 6) is 0.685. The Morgan fingerprint density at radius 1 is 0.960 bits per heavy atom. The monoisotopic (exact) mass is 344 g/mol. The molecule has 0 unspecified atom stereocenters. The van der Waals surface area contributed by atoms with Gasteiger partial charge in [-0.1, -0.05) is 6.07 Å². The van der Waals surface area contributed by atoms with Gasteiger partial charge in [-0.3, -0.25) is 14.5 Å². The summed E-state index contributed by atoms with van der Waals surface area (Å²) in [5.41, 5.74) is 1.66. The third-order valence-electron chi connectivity index (χ3n) is 4.70. The number of hydrogen-bond donors (Lipinski definition) is 0. The van der Waals surface area contributed by atoms with Gasteiger partial charge in [0.1, 0.15) is 5.70 Å². The highest BCUT2D eigenvalue weighted by Crippen LogP contribution is 2.37. The summed E-state index contributed by atoms with van der Waals surface area (Å²) >= 11 is 0. The predicted molar refractivity (Wildman–Crippen MR) is 94.3 cm³/mol. The Morgan fingerprint density at radius 3 is 2.16 bits per heavy atom. The number of amides is 2. The van der Waals surface area contributed by atoms with E-state index in [1.807, 2.05) is 24.8 Å². The van der Waals surface area contributed by atoms with Crippen molar-refractivity contribution in [3.8, 4) is 11.5 Å². The van der Waals surface area contributed by atoms with E-state index in [-0.39, 0.29) is 17.9 Å². The topological polar surface area (TPSA) is 59.1 Å². The maximum atomic E-state index is 13.0. The van der Waals surface area contributed by atoms with Crippen LogP contribution in [0.1, 0.15) is 32.3 Å². The molecule has 2 aliphatic heterocycles. The molecule has 1 aromatic rings. The lowest BCUT2D eigenvalue weighted by Crippen LogP contribution is -2.39. The molecule has 0 aliphatic carbocycles. The third kappa shape index (κ3) is 2.86. The molecule has 6 heteroatoms. The number of hydrogen-bond acceptors (Lipinski definition) is 5. The summed E-state index contributed by atoms with van der Waals surface area (Å²) in [5, 5.41) is 0. The van der Waals surface area contributed by atoms with E-state index in [1.54, 1.807) is 26.4 Å². The Morgan fingerprint density at radius 2 is 1.60 bits per heavy atom. The summed E-state index contributed by atoms with van der Waals surface area (Å²) in [7, 11) is 3.12. The lowest BCUT2D eigenvalue weighted by atomic mass is 10.0. The van der Waals surface area contributed by atoms with Crippen molar-refractivity contribution in [2.75, 3.05) is 27.3 Å². The fraction of sp³-hybridized carbons (Fsp3) is 0.474. The molecule has 0 N–H and O–H groups in total. The van der Waals surface area contributed by atoms with Gasteiger partial charge in [0.25, 0.3) is 11.8 Å². The van der Waals surface area contributed by atoms with Crippen molar-refractivity contribution >= 4 is 17.4 Å². The molecule has 134 valence electrons. The van der Waals surface area contributed by atoms with E-state index < -0.39 is 0 Å². The first-order valence-corrected chi connectivity index (χ1v) is 8.59. The number of ether oxygens (including phenoxy) is 2. The molecule has 0 atom stereocenters. The van der Waals surface area contributed by atoms with Crippen LogP contribution in [-0.4, -0.2) is 55.0 Å². The molecule has 25 heavy (non-hydrogen) atoms. The zero-order valence-electron chi connectivity index (χ0n) is 15.2. The minimum Gasteiger partial charge on any atom is -0.493 e. The number of benzene rings is 1. The molecule has 1 saturated heterocycles.